The number of carbonyl (C=O) groups is 2. The molecule has 1 aromatic heterocycles. The van der Waals surface area contributed by atoms with Gasteiger partial charge in [0.1, 0.15) is 0 Å². The zero-order valence-electron chi connectivity index (χ0n) is 19.9. The number of nitrogens with zero attached hydrogens (tertiary/aromatic N) is 3. The number of amides is 1. The van der Waals surface area contributed by atoms with Gasteiger partial charge in [-0.05, 0) is 47.0 Å². The molecule has 6 nitrogen and oxygen atoms in total. The predicted octanol–water partition coefficient (Wildman–Crippen LogP) is 8.08. The molecule has 1 aliphatic rings. The Morgan fingerprint density at radius 3 is 2.62 bits per heavy atom. The van der Waals surface area contributed by atoms with Crippen LogP contribution in [0.4, 0.5) is 5.13 Å². The minimum atomic E-state index is -0.889. The van der Waals surface area contributed by atoms with Crippen molar-refractivity contribution in [1.82, 2.24) is 10.2 Å². The van der Waals surface area contributed by atoms with Crippen molar-refractivity contribution in [1.29, 1.82) is 0 Å². The van der Waals surface area contributed by atoms with E-state index in [1.54, 1.807) is 36.4 Å². The molecule has 2 heterocycles. The Kier molecular flexibility index (Phi) is 8.54. The number of aliphatic hydroxyl groups excluding tert-OH is 1. The Labute approximate surface area is 251 Å². The average molecular weight is 659 g/mol. The van der Waals surface area contributed by atoms with Crippen LogP contribution < -0.4 is 4.90 Å². The summed E-state index contributed by atoms with van der Waals surface area (Å²) in [7, 11) is 0. The van der Waals surface area contributed by atoms with Crippen LogP contribution in [0.2, 0.25) is 10.0 Å². The lowest BCUT2D eigenvalue weighted by atomic mass is 9.96. The number of aromatic nitrogens is 2. The molecule has 0 saturated heterocycles. The minimum absolute atomic E-state index is 0.0253. The van der Waals surface area contributed by atoms with Gasteiger partial charge >= 0.3 is 0 Å². The molecule has 3 aromatic carbocycles. The van der Waals surface area contributed by atoms with Gasteiger partial charge in [-0.1, -0.05) is 117 Å². The third kappa shape index (κ3) is 6.13. The second-order valence-corrected chi connectivity index (χ2v) is 12.3. The normalized spacial score (nSPS) is 15.5. The number of aliphatic hydroxyl groups is 1. The van der Waals surface area contributed by atoms with Gasteiger partial charge in [-0.3, -0.25) is 14.5 Å². The fraction of sp³-hybridized carbons (Fsp3) is 0.0714. The van der Waals surface area contributed by atoms with Crippen molar-refractivity contribution < 1.29 is 14.7 Å². The van der Waals surface area contributed by atoms with Gasteiger partial charge in [-0.2, -0.15) is 0 Å². The Hall–Kier alpha value is -2.95. The van der Waals surface area contributed by atoms with Crippen molar-refractivity contribution in [2.45, 2.75) is 16.1 Å². The number of rotatable bonds is 8. The summed E-state index contributed by atoms with van der Waals surface area (Å²) >= 11 is 18.3. The standard InChI is InChI=1S/C28H18BrCl2N3O3S2/c29-19-8-4-7-17(13-19)24-23(22(35)12-9-16-5-2-1-3-6-16)25(36)26(37)34(24)27-32-33-28(39-27)38-15-18-10-11-20(30)14-21(18)31/h1-14,24,36H,15H2/b12-9+. The minimum Gasteiger partial charge on any atom is -0.503 e. The van der Waals surface area contributed by atoms with E-state index in [1.165, 1.54) is 34.1 Å². The number of hydrogen-bond donors (Lipinski definition) is 1. The highest BCUT2D eigenvalue weighted by molar-refractivity contribution is 9.10. The SMILES string of the molecule is O=C(/C=C/c1ccccc1)C1=C(O)C(=O)N(c2nnc(SCc3ccc(Cl)cc3Cl)s2)C1c1cccc(Br)c1. The van der Waals surface area contributed by atoms with Crippen molar-refractivity contribution in [3.63, 3.8) is 0 Å². The molecule has 0 saturated carbocycles. The first-order valence-corrected chi connectivity index (χ1v) is 14.9. The third-order valence-corrected chi connectivity index (χ3v) is 9.02. The van der Waals surface area contributed by atoms with Gasteiger partial charge in [-0.25, -0.2) is 0 Å². The number of thioether (sulfide) groups is 1. The van der Waals surface area contributed by atoms with Crippen LogP contribution in [0.3, 0.4) is 0 Å². The quantitative estimate of drug-likeness (QED) is 0.117. The van der Waals surface area contributed by atoms with Crippen LogP contribution in [0.1, 0.15) is 22.7 Å². The summed E-state index contributed by atoms with van der Waals surface area (Å²) in [6.45, 7) is 0. The van der Waals surface area contributed by atoms with Crippen LogP contribution in [0.15, 0.2) is 99.0 Å². The summed E-state index contributed by atoms with van der Waals surface area (Å²) in [6.07, 6.45) is 3.01. The molecule has 0 fully saturated rings. The van der Waals surface area contributed by atoms with Crippen LogP contribution in [0, 0.1) is 0 Å². The molecule has 5 rings (SSSR count). The number of benzene rings is 3. The molecule has 0 spiro atoms. The molecule has 4 aromatic rings. The number of anilines is 1. The van der Waals surface area contributed by atoms with Crippen molar-refractivity contribution in [3.8, 4) is 0 Å². The van der Waals surface area contributed by atoms with Crippen molar-refractivity contribution >= 4 is 85.1 Å². The van der Waals surface area contributed by atoms with E-state index >= 15 is 0 Å². The van der Waals surface area contributed by atoms with Crippen molar-refractivity contribution in [3.05, 3.63) is 121 Å². The maximum atomic E-state index is 13.4. The van der Waals surface area contributed by atoms with Gasteiger partial charge < -0.3 is 5.11 Å². The lowest BCUT2D eigenvalue weighted by molar-refractivity contribution is -0.117. The maximum absolute atomic E-state index is 13.4. The zero-order valence-corrected chi connectivity index (χ0v) is 24.7. The maximum Gasteiger partial charge on any atom is 0.296 e. The first-order valence-electron chi connectivity index (χ1n) is 11.5. The van der Waals surface area contributed by atoms with E-state index < -0.39 is 23.5 Å². The van der Waals surface area contributed by atoms with Crippen LogP contribution in [-0.2, 0) is 15.3 Å². The molecule has 39 heavy (non-hydrogen) atoms. The molecule has 0 aliphatic carbocycles. The van der Waals surface area contributed by atoms with Crippen molar-refractivity contribution in [2.24, 2.45) is 0 Å². The fourth-order valence-electron chi connectivity index (χ4n) is 4.01. The van der Waals surface area contributed by atoms with Crippen LogP contribution in [0.5, 0.6) is 0 Å². The molecule has 11 heteroatoms. The van der Waals surface area contributed by atoms with Gasteiger partial charge in [0.2, 0.25) is 5.13 Å². The Balaban J connectivity index is 1.46. The molecule has 1 amide bonds. The average Bonchev–Trinajstić information content (AvgIpc) is 3.49. The number of halogens is 3. The van der Waals surface area contributed by atoms with E-state index in [1.807, 2.05) is 42.5 Å². The third-order valence-electron chi connectivity index (χ3n) is 5.83. The molecular weight excluding hydrogens is 641 g/mol. The van der Waals surface area contributed by atoms with Crippen LogP contribution in [0.25, 0.3) is 6.08 Å². The van der Waals surface area contributed by atoms with E-state index in [0.717, 1.165) is 15.6 Å². The zero-order chi connectivity index (χ0) is 27.5. The number of ketones is 1. The van der Waals surface area contributed by atoms with Crippen LogP contribution in [-0.4, -0.2) is 27.0 Å². The van der Waals surface area contributed by atoms with Gasteiger partial charge in [0, 0.05) is 20.3 Å². The second kappa shape index (κ2) is 12.1. The summed E-state index contributed by atoms with van der Waals surface area (Å²) in [5.74, 6) is -1.29. The monoisotopic (exact) mass is 657 g/mol. The molecule has 196 valence electrons. The fourth-order valence-corrected chi connectivity index (χ4v) is 6.85. The van der Waals surface area contributed by atoms with E-state index in [2.05, 4.69) is 26.1 Å². The van der Waals surface area contributed by atoms with E-state index in [-0.39, 0.29) is 10.7 Å². The van der Waals surface area contributed by atoms with Gasteiger partial charge in [0.15, 0.2) is 15.9 Å². The first-order chi connectivity index (χ1) is 18.8. The number of carbonyl (C=O) groups excluding carboxylic acids is 2. The highest BCUT2D eigenvalue weighted by atomic mass is 79.9. The molecule has 1 atom stereocenters. The lowest BCUT2D eigenvalue weighted by Crippen LogP contribution is -2.30. The Morgan fingerprint density at radius 2 is 1.87 bits per heavy atom. The van der Waals surface area contributed by atoms with Crippen molar-refractivity contribution in [2.75, 3.05) is 4.90 Å². The molecule has 1 aliphatic heterocycles. The number of hydrogen-bond acceptors (Lipinski definition) is 7. The largest absolute Gasteiger partial charge is 0.503 e. The van der Waals surface area contributed by atoms with Gasteiger partial charge in [0.05, 0.1) is 11.6 Å². The summed E-state index contributed by atoms with van der Waals surface area (Å²) in [5.41, 5.74) is 2.31. The predicted molar refractivity (Wildman–Crippen MR) is 160 cm³/mol. The summed E-state index contributed by atoms with van der Waals surface area (Å²) in [5, 5.41) is 20.7. The van der Waals surface area contributed by atoms with Gasteiger partial charge in [-0.15, -0.1) is 10.2 Å². The summed E-state index contributed by atoms with van der Waals surface area (Å²) < 4.78 is 1.36. The highest BCUT2D eigenvalue weighted by Gasteiger charge is 2.45. The van der Waals surface area contributed by atoms with Gasteiger partial charge in [0.25, 0.3) is 5.91 Å². The second-order valence-electron chi connectivity index (χ2n) is 8.38. The smallest absolute Gasteiger partial charge is 0.296 e. The Morgan fingerprint density at radius 1 is 1.08 bits per heavy atom. The molecular formula is C28H18BrCl2N3O3S2. The van der Waals surface area contributed by atoms with E-state index in [0.29, 0.717) is 25.7 Å². The number of allylic oxidation sites excluding steroid dienone is 1. The first kappa shape index (κ1) is 27.6. The Bertz CT molecular complexity index is 1630. The van der Waals surface area contributed by atoms with E-state index in [4.69, 9.17) is 23.2 Å². The molecule has 0 bridgehead atoms. The molecule has 0 radical (unpaired) electrons. The summed E-state index contributed by atoms with van der Waals surface area (Å²) in [4.78, 5) is 28.1. The van der Waals surface area contributed by atoms with E-state index in [9.17, 15) is 14.7 Å². The summed E-state index contributed by atoms with van der Waals surface area (Å²) in [6, 6.07) is 20.9. The molecule has 1 unspecified atom stereocenters. The topological polar surface area (TPSA) is 83.4 Å². The molecule has 1 N–H and O–H groups in total. The van der Waals surface area contributed by atoms with Crippen LogP contribution >= 0.6 is 62.2 Å². The highest BCUT2D eigenvalue weighted by Crippen LogP contribution is 2.44. The lowest BCUT2D eigenvalue weighted by Gasteiger charge is -2.23.